The molecule has 1 aromatic carbocycles. The van der Waals surface area contributed by atoms with Crippen LogP contribution in [0.15, 0.2) is 24.3 Å². The largest absolute Gasteiger partial charge is 0.368 e. The highest BCUT2D eigenvalue weighted by atomic mass is 15.4. The van der Waals surface area contributed by atoms with Crippen LogP contribution in [0.2, 0.25) is 0 Å². The second-order valence-electron chi connectivity index (χ2n) is 3.31. The molecule has 0 spiro atoms. The Kier molecular flexibility index (Phi) is 2.56. The Morgan fingerprint density at radius 2 is 2.31 bits per heavy atom. The van der Waals surface area contributed by atoms with E-state index in [1.54, 1.807) is 22.9 Å². The fourth-order valence-corrected chi connectivity index (χ4v) is 1.42. The highest BCUT2D eigenvalue weighted by Gasteiger charge is 2.07. The van der Waals surface area contributed by atoms with Gasteiger partial charge in [0.25, 0.3) is 0 Å². The third-order valence-electron chi connectivity index (χ3n) is 2.21. The zero-order valence-electron chi connectivity index (χ0n) is 8.88. The van der Waals surface area contributed by atoms with Crippen LogP contribution in [-0.2, 0) is 6.42 Å². The lowest BCUT2D eigenvalue weighted by molar-refractivity contribution is 0.845. The van der Waals surface area contributed by atoms with Crippen LogP contribution in [0.1, 0.15) is 18.3 Å². The van der Waals surface area contributed by atoms with Crippen LogP contribution in [0.5, 0.6) is 0 Å². The maximum absolute atomic E-state index is 8.80. The molecule has 2 N–H and O–H groups in total. The van der Waals surface area contributed by atoms with E-state index in [1.165, 1.54) is 0 Å². The van der Waals surface area contributed by atoms with Crippen molar-refractivity contribution in [1.82, 2.24) is 14.8 Å². The molecule has 0 amide bonds. The van der Waals surface area contributed by atoms with Crippen molar-refractivity contribution in [2.45, 2.75) is 13.3 Å². The van der Waals surface area contributed by atoms with Crippen LogP contribution in [0.4, 0.5) is 5.95 Å². The monoisotopic (exact) mass is 213 g/mol. The summed E-state index contributed by atoms with van der Waals surface area (Å²) in [5, 5.41) is 13.0. The van der Waals surface area contributed by atoms with Gasteiger partial charge in [-0.05, 0) is 18.2 Å². The van der Waals surface area contributed by atoms with Crippen molar-refractivity contribution in [3.8, 4) is 11.8 Å². The van der Waals surface area contributed by atoms with Gasteiger partial charge >= 0.3 is 0 Å². The van der Waals surface area contributed by atoms with Gasteiger partial charge in [0, 0.05) is 6.42 Å². The van der Waals surface area contributed by atoms with Crippen LogP contribution in [0, 0.1) is 11.3 Å². The first-order valence-corrected chi connectivity index (χ1v) is 4.96. The van der Waals surface area contributed by atoms with Crippen molar-refractivity contribution in [1.29, 1.82) is 5.26 Å². The summed E-state index contributed by atoms with van der Waals surface area (Å²) in [7, 11) is 0. The van der Waals surface area contributed by atoms with Gasteiger partial charge in [-0.25, -0.2) is 0 Å². The number of rotatable bonds is 2. The summed E-state index contributed by atoms with van der Waals surface area (Å²) in [4.78, 5) is 4.11. The predicted octanol–water partition coefficient (Wildman–Crippen LogP) is 1.28. The van der Waals surface area contributed by atoms with Gasteiger partial charge in [-0.15, -0.1) is 5.10 Å². The predicted molar refractivity (Wildman–Crippen MR) is 59.9 cm³/mol. The number of aryl methyl sites for hydroxylation is 1. The topological polar surface area (TPSA) is 80.5 Å². The van der Waals surface area contributed by atoms with Gasteiger partial charge in [-0.1, -0.05) is 13.0 Å². The Bertz CT molecular complexity index is 550. The molecule has 0 unspecified atom stereocenters. The molecule has 5 heteroatoms. The maximum atomic E-state index is 8.80. The summed E-state index contributed by atoms with van der Waals surface area (Å²) in [5.41, 5.74) is 7.07. The number of nitrogens with zero attached hydrogens (tertiary/aromatic N) is 4. The van der Waals surface area contributed by atoms with E-state index in [0.717, 1.165) is 12.1 Å². The highest BCUT2D eigenvalue weighted by Crippen LogP contribution is 2.13. The average molecular weight is 213 g/mol. The van der Waals surface area contributed by atoms with Gasteiger partial charge in [0.05, 0.1) is 17.3 Å². The van der Waals surface area contributed by atoms with Crippen molar-refractivity contribution in [3.05, 3.63) is 35.7 Å². The Morgan fingerprint density at radius 1 is 1.50 bits per heavy atom. The number of benzene rings is 1. The quantitative estimate of drug-likeness (QED) is 0.814. The first-order chi connectivity index (χ1) is 7.74. The van der Waals surface area contributed by atoms with Crippen molar-refractivity contribution in [2.24, 2.45) is 0 Å². The summed E-state index contributed by atoms with van der Waals surface area (Å²) >= 11 is 0. The first-order valence-electron chi connectivity index (χ1n) is 4.96. The minimum absolute atomic E-state index is 0.340. The van der Waals surface area contributed by atoms with Crippen LogP contribution >= 0.6 is 0 Å². The third-order valence-corrected chi connectivity index (χ3v) is 2.21. The average Bonchev–Trinajstić information content (AvgIpc) is 2.71. The molecule has 0 aliphatic rings. The van der Waals surface area contributed by atoms with Gasteiger partial charge < -0.3 is 5.73 Å². The molecule has 0 fully saturated rings. The van der Waals surface area contributed by atoms with Crippen LogP contribution in [0.25, 0.3) is 5.69 Å². The molecule has 0 atom stereocenters. The Balaban J connectivity index is 2.50. The van der Waals surface area contributed by atoms with Gasteiger partial charge in [-0.3, -0.25) is 0 Å². The minimum Gasteiger partial charge on any atom is -0.368 e. The van der Waals surface area contributed by atoms with Crippen molar-refractivity contribution < 1.29 is 0 Å². The number of nitrogens with two attached hydrogens (primary N) is 1. The number of hydrogen-bond acceptors (Lipinski definition) is 4. The number of aromatic nitrogens is 3. The molecule has 0 bridgehead atoms. The standard InChI is InChI=1S/C11H11N5/c1-2-10-14-11(13)16(15-10)9-5-3-4-8(6-9)7-12/h3-6H,2H2,1H3,(H2,13,14,15). The van der Waals surface area contributed by atoms with Crippen LogP contribution in [-0.4, -0.2) is 14.8 Å². The Hall–Kier alpha value is -2.35. The molecule has 2 aromatic rings. The van der Waals surface area contributed by atoms with E-state index in [4.69, 9.17) is 11.0 Å². The Labute approximate surface area is 93.1 Å². The summed E-state index contributed by atoms with van der Waals surface area (Å²) in [6.07, 6.45) is 0.731. The maximum Gasteiger partial charge on any atom is 0.223 e. The molecule has 0 saturated heterocycles. The zero-order chi connectivity index (χ0) is 11.5. The number of nitrogen functional groups attached to an aromatic ring is 1. The summed E-state index contributed by atoms with van der Waals surface area (Å²) in [5.74, 6) is 1.03. The van der Waals surface area contributed by atoms with Gasteiger partial charge in [0.2, 0.25) is 5.95 Å². The third kappa shape index (κ3) is 1.73. The summed E-state index contributed by atoms with van der Waals surface area (Å²) in [6.45, 7) is 1.96. The summed E-state index contributed by atoms with van der Waals surface area (Å²) in [6, 6.07) is 9.17. The van der Waals surface area contributed by atoms with E-state index in [0.29, 0.717) is 17.3 Å². The molecule has 16 heavy (non-hydrogen) atoms. The molecule has 2 rings (SSSR count). The highest BCUT2D eigenvalue weighted by molar-refractivity contribution is 5.43. The van der Waals surface area contributed by atoms with Gasteiger partial charge in [-0.2, -0.15) is 14.9 Å². The molecule has 1 aromatic heterocycles. The van der Waals surface area contributed by atoms with Crippen molar-refractivity contribution >= 4 is 5.95 Å². The fraction of sp³-hybridized carbons (Fsp3) is 0.182. The minimum atomic E-state index is 0.340. The smallest absolute Gasteiger partial charge is 0.223 e. The van der Waals surface area contributed by atoms with Gasteiger partial charge in [0.15, 0.2) is 5.82 Å². The Morgan fingerprint density at radius 3 is 2.94 bits per heavy atom. The number of hydrogen-bond donors (Lipinski definition) is 1. The molecular weight excluding hydrogens is 202 g/mol. The lowest BCUT2D eigenvalue weighted by Gasteiger charge is -2.01. The van der Waals surface area contributed by atoms with Crippen LogP contribution < -0.4 is 5.73 Å². The first kappa shape index (κ1) is 10.2. The van der Waals surface area contributed by atoms with E-state index in [2.05, 4.69) is 16.2 Å². The normalized spacial score (nSPS) is 10.0. The lowest BCUT2D eigenvalue weighted by atomic mass is 10.2. The second kappa shape index (κ2) is 4.03. The van der Waals surface area contributed by atoms with E-state index >= 15 is 0 Å². The van der Waals surface area contributed by atoms with E-state index < -0.39 is 0 Å². The summed E-state index contributed by atoms with van der Waals surface area (Å²) < 4.78 is 1.54. The molecule has 0 radical (unpaired) electrons. The second-order valence-corrected chi connectivity index (χ2v) is 3.31. The SMILES string of the molecule is CCc1nc(N)n(-c2cccc(C#N)c2)n1. The molecule has 0 saturated carbocycles. The van der Waals surface area contributed by atoms with E-state index in [-0.39, 0.29) is 0 Å². The number of anilines is 1. The molecule has 1 heterocycles. The lowest BCUT2D eigenvalue weighted by Crippen LogP contribution is -2.02. The van der Waals surface area contributed by atoms with Crippen molar-refractivity contribution in [2.75, 3.05) is 5.73 Å². The van der Waals surface area contributed by atoms with E-state index in [1.807, 2.05) is 13.0 Å². The molecule has 5 nitrogen and oxygen atoms in total. The fourth-order valence-electron chi connectivity index (χ4n) is 1.42. The zero-order valence-corrected chi connectivity index (χ0v) is 8.88. The van der Waals surface area contributed by atoms with Crippen LogP contribution in [0.3, 0.4) is 0 Å². The molecule has 80 valence electrons. The molecular formula is C11H11N5. The van der Waals surface area contributed by atoms with E-state index in [9.17, 15) is 0 Å². The molecule has 0 aliphatic carbocycles. The van der Waals surface area contributed by atoms with Crippen molar-refractivity contribution in [3.63, 3.8) is 0 Å². The molecule has 0 aliphatic heterocycles. The number of nitriles is 1. The van der Waals surface area contributed by atoms with Gasteiger partial charge in [0.1, 0.15) is 0 Å².